The van der Waals surface area contributed by atoms with E-state index >= 15 is 0 Å². The first-order valence-electron chi connectivity index (χ1n) is 10.3. The first-order chi connectivity index (χ1) is 14.5. The van der Waals surface area contributed by atoms with Gasteiger partial charge in [0.25, 0.3) is 5.91 Å². The maximum absolute atomic E-state index is 13.0. The van der Waals surface area contributed by atoms with Crippen molar-refractivity contribution < 1.29 is 9.59 Å². The number of para-hydroxylation sites is 1. The van der Waals surface area contributed by atoms with Crippen LogP contribution in [0.25, 0.3) is 0 Å². The fraction of sp³-hybridized carbons (Fsp3) is 0.231. The van der Waals surface area contributed by atoms with Crippen molar-refractivity contribution in [2.45, 2.75) is 39.2 Å². The molecule has 0 fully saturated rings. The van der Waals surface area contributed by atoms with E-state index in [1.165, 1.54) is 0 Å². The highest BCUT2D eigenvalue weighted by atomic mass is 16.2. The van der Waals surface area contributed by atoms with Gasteiger partial charge < -0.3 is 10.6 Å². The zero-order valence-electron chi connectivity index (χ0n) is 17.7. The maximum Gasteiger partial charge on any atom is 0.251 e. The third-order valence-corrected chi connectivity index (χ3v) is 5.12. The number of benzene rings is 3. The molecule has 154 valence electrons. The molecule has 0 aliphatic carbocycles. The second-order valence-corrected chi connectivity index (χ2v) is 7.75. The number of anilines is 1. The van der Waals surface area contributed by atoms with E-state index < -0.39 is 6.04 Å². The van der Waals surface area contributed by atoms with Crippen molar-refractivity contribution in [3.8, 4) is 0 Å². The molecule has 4 heteroatoms. The van der Waals surface area contributed by atoms with Gasteiger partial charge in [-0.3, -0.25) is 9.59 Å². The molecule has 2 amide bonds. The quantitative estimate of drug-likeness (QED) is 0.541. The van der Waals surface area contributed by atoms with E-state index in [1.54, 1.807) is 12.1 Å². The minimum Gasteiger partial charge on any atom is -0.345 e. The largest absolute Gasteiger partial charge is 0.345 e. The maximum atomic E-state index is 13.0. The Morgan fingerprint density at radius 3 is 2.10 bits per heavy atom. The fourth-order valence-electron chi connectivity index (χ4n) is 3.49. The van der Waals surface area contributed by atoms with Gasteiger partial charge in [0, 0.05) is 11.3 Å². The first-order valence-corrected chi connectivity index (χ1v) is 10.3. The van der Waals surface area contributed by atoms with Crippen molar-refractivity contribution in [1.82, 2.24) is 5.32 Å². The van der Waals surface area contributed by atoms with Crippen molar-refractivity contribution in [2.75, 3.05) is 5.32 Å². The number of amides is 2. The molecule has 4 nitrogen and oxygen atoms in total. The summed E-state index contributed by atoms with van der Waals surface area (Å²) in [4.78, 5) is 25.7. The molecule has 3 aromatic carbocycles. The lowest BCUT2D eigenvalue weighted by atomic mass is 9.97. The van der Waals surface area contributed by atoms with Gasteiger partial charge in [-0.15, -0.1) is 0 Å². The Morgan fingerprint density at radius 2 is 1.47 bits per heavy atom. The van der Waals surface area contributed by atoms with Gasteiger partial charge in [0.15, 0.2) is 0 Å². The number of carbonyl (C=O) groups is 2. The van der Waals surface area contributed by atoms with Crippen molar-refractivity contribution in [2.24, 2.45) is 0 Å². The Labute approximate surface area is 178 Å². The van der Waals surface area contributed by atoms with Gasteiger partial charge in [-0.25, -0.2) is 0 Å². The highest BCUT2D eigenvalue weighted by Gasteiger charge is 2.20. The van der Waals surface area contributed by atoms with Crippen LogP contribution in [0.2, 0.25) is 0 Å². The molecule has 0 aliphatic heterocycles. The van der Waals surface area contributed by atoms with Gasteiger partial charge >= 0.3 is 0 Å². The Bertz CT molecular complexity index is 998. The number of carbonyl (C=O) groups excluding carboxylic acids is 2. The van der Waals surface area contributed by atoms with E-state index in [4.69, 9.17) is 0 Å². The minimum atomic E-state index is -0.426. The summed E-state index contributed by atoms with van der Waals surface area (Å²) in [6, 6.07) is 24.3. The Kier molecular flexibility index (Phi) is 7.02. The monoisotopic (exact) mass is 400 g/mol. The van der Waals surface area contributed by atoms with E-state index in [-0.39, 0.29) is 18.2 Å². The Hall–Kier alpha value is -3.40. The summed E-state index contributed by atoms with van der Waals surface area (Å²) in [6.07, 6.45) is 0.147. The van der Waals surface area contributed by atoms with Gasteiger partial charge in [0.1, 0.15) is 0 Å². The van der Waals surface area contributed by atoms with Crippen molar-refractivity contribution >= 4 is 17.5 Å². The number of hydrogen-bond acceptors (Lipinski definition) is 2. The Balaban J connectivity index is 1.80. The first kappa shape index (κ1) is 21.3. The van der Waals surface area contributed by atoms with Crippen LogP contribution in [0.15, 0.2) is 78.9 Å². The van der Waals surface area contributed by atoms with E-state index in [9.17, 15) is 9.59 Å². The molecule has 0 aliphatic rings. The standard InChI is InChI=1S/C26H28N2O2/c1-18(2)22-16-10-11-19(3)25(22)28-24(29)17-23(20-12-6-4-7-13-20)27-26(30)21-14-8-5-9-15-21/h4-16,18,23H,17H2,1-3H3,(H,27,30)(H,28,29)/t23-/m1/s1. The van der Waals surface area contributed by atoms with Crippen LogP contribution in [0.4, 0.5) is 5.69 Å². The van der Waals surface area contributed by atoms with E-state index in [0.717, 1.165) is 22.4 Å². The molecule has 0 aromatic heterocycles. The second kappa shape index (κ2) is 9.88. The lowest BCUT2D eigenvalue weighted by Crippen LogP contribution is -2.31. The van der Waals surface area contributed by atoms with Crippen molar-refractivity contribution in [3.05, 3.63) is 101 Å². The zero-order valence-corrected chi connectivity index (χ0v) is 17.7. The van der Waals surface area contributed by atoms with Crippen LogP contribution in [-0.2, 0) is 4.79 Å². The van der Waals surface area contributed by atoms with Gasteiger partial charge in [0.05, 0.1) is 12.5 Å². The second-order valence-electron chi connectivity index (χ2n) is 7.75. The van der Waals surface area contributed by atoms with E-state index in [1.807, 2.05) is 73.7 Å². The molecule has 0 heterocycles. The molecule has 3 aromatic rings. The van der Waals surface area contributed by atoms with E-state index in [2.05, 4.69) is 24.5 Å². The molecule has 0 saturated carbocycles. The number of rotatable bonds is 7. The lowest BCUT2D eigenvalue weighted by molar-refractivity contribution is -0.116. The fourth-order valence-corrected chi connectivity index (χ4v) is 3.49. The molecule has 30 heavy (non-hydrogen) atoms. The predicted molar refractivity (Wildman–Crippen MR) is 122 cm³/mol. The van der Waals surface area contributed by atoms with Gasteiger partial charge in [0.2, 0.25) is 5.91 Å². The molecule has 0 radical (unpaired) electrons. The molecular formula is C26H28N2O2. The highest BCUT2D eigenvalue weighted by molar-refractivity contribution is 5.96. The van der Waals surface area contributed by atoms with Crippen LogP contribution >= 0.6 is 0 Å². The molecular weight excluding hydrogens is 372 g/mol. The number of nitrogens with one attached hydrogen (secondary N) is 2. The Morgan fingerprint density at radius 1 is 0.833 bits per heavy atom. The smallest absolute Gasteiger partial charge is 0.251 e. The normalized spacial score (nSPS) is 11.7. The summed E-state index contributed by atoms with van der Waals surface area (Å²) in [5.41, 5.74) is 4.45. The molecule has 0 spiro atoms. The van der Waals surface area contributed by atoms with Gasteiger partial charge in [-0.05, 0) is 41.7 Å². The topological polar surface area (TPSA) is 58.2 Å². The highest BCUT2D eigenvalue weighted by Crippen LogP contribution is 2.28. The van der Waals surface area contributed by atoms with Crippen LogP contribution in [0.5, 0.6) is 0 Å². The van der Waals surface area contributed by atoms with Gasteiger partial charge in [-0.1, -0.05) is 80.6 Å². The lowest BCUT2D eigenvalue weighted by Gasteiger charge is -2.21. The zero-order chi connectivity index (χ0) is 21.5. The summed E-state index contributed by atoms with van der Waals surface area (Å²) >= 11 is 0. The van der Waals surface area contributed by atoms with E-state index in [0.29, 0.717) is 11.5 Å². The van der Waals surface area contributed by atoms with Crippen LogP contribution < -0.4 is 10.6 Å². The van der Waals surface area contributed by atoms with Crippen LogP contribution in [0, 0.1) is 6.92 Å². The summed E-state index contributed by atoms with van der Waals surface area (Å²) in [5.74, 6) is -0.0349. The van der Waals surface area contributed by atoms with Crippen LogP contribution in [0.1, 0.15) is 59.3 Å². The third-order valence-electron chi connectivity index (χ3n) is 5.12. The average molecular weight is 401 g/mol. The molecule has 0 bridgehead atoms. The average Bonchev–Trinajstić information content (AvgIpc) is 2.75. The van der Waals surface area contributed by atoms with Crippen LogP contribution in [0.3, 0.4) is 0 Å². The SMILES string of the molecule is Cc1cccc(C(C)C)c1NC(=O)C[C@@H](NC(=O)c1ccccc1)c1ccccc1. The third kappa shape index (κ3) is 5.35. The summed E-state index contributed by atoms with van der Waals surface area (Å²) in [6.45, 7) is 6.21. The van der Waals surface area contributed by atoms with Crippen molar-refractivity contribution in [3.63, 3.8) is 0 Å². The molecule has 0 saturated heterocycles. The summed E-state index contributed by atoms with van der Waals surface area (Å²) < 4.78 is 0. The summed E-state index contributed by atoms with van der Waals surface area (Å²) in [5, 5.41) is 6.10. The van der Waals surface area contributed by atoms with Crippen molar-refractivity contribution in [1.29, 1.82) is 0 Å². The molecule has 2 N–H and O–H groups in total. The minimum absolute atomic E-state index is 0.131. The van der Waals surface area contributed by atoms with Crippen LogP contribution in [-0.4, -0.2) is 11.8 Å². The summed E-state index contributed by atoms with van der Waals surface area (Å²) in [7, 11) is 0. The predicted octanol–water partition coefficient (Wildman–Crippen LogP) is 5.62. The number of hydrogen-bond donors (Lipinski definition) is 2. The number of aryl methyl sites for hydroxylation is 1. The molecule has 0 unspecified atom stereocenters. The molecule has 1 atom stereocenters. The van der Waals surface area contributed by atoms with Gasteiger partial charge in [-0.2, -0.15) is 0 Å². The molecule has 3 rings (SSSR count).